The molecule has 0 unspecified atom stereocenters. The van der Waals surface area contributed by atoms with Crippen LogP contribution in [0, 0.1) is 18.8 Å². The summed E-state index contributed by atoms with van der Waals surface area (Å²) in [7, 11) is 3.22. The number of nitrogens with one attached hydrogen (secondary N) is 1. The van der Waals surface area contributed by atoms with Crippen LogP contribution < -0.4 is 20.3 Å². The molecule has 1 amide bonds. The average Bonchev–Trinajstić information content (AvgIpc) is 3.52. The first-order valence-electron chi connectivity index (χ1n) is 11.5. The summed E-state index contributed by atoms with van der Waals surface area (Å²) in [6.07, 6.45) is 4.86. The molecular weight excluding hydrogens is 406 g/mol. The highest BCUT2D eigenvalue weighted by atomic mass is 16.5. The smallest absolute Gasteiger partial charge is 0.263 e. The summed E-state index contributed by atoms with van der Waals surface area (Å²) in [6, 6.07) is 8.72. The molecule has 5 rings (SSSR count). The molecule has 7 nitrogen and oxygen atoms in total. The monoisotopic (exact) mass is 437 g/mol. The summed E-state index contributed by atoms with van der Waals surface area (Å²) in [5, 5.41) is 3.69. The Morgan fingerprint density at radius 1 is 1.06 bits per heavy atom. The fourth-order valence-electron chi connectivity index (χ4n) is 5.89. The van der Waals surface area contributed by atoms with Gasteiger partial charge in [-0.2, -0.15) is 0 Å². The molecule has 1 aromatic heterocycles. The number of hydrogen-bond acceptors (Lipinski definition) is 5. The van der Waals surface area contributed by atoms with Gasteiger partial charge in [-0.05, 0) is 67.3 Å². The van der Waals surface area contributed by atoms with Gasteiger partial charge in [0.2, 0.25) is 0 Å². The maximum absolute atomic E-state index is 13.4. The number of amides is 1. The molecule has 4 atom stereocenters. The highest BCUT2D eigenvalue weighted by Crippen LogP contribution is 2.43. The molecule has 3 saturated heterocycles. The van der Waals surface area contributed by atoms with Crippen molar-refractivity contribution >= 4 is 5.91 Å². The number of aryl methyl sites for hydroxylation is 3. The van der Waals surface area contributed by atoms with Crippen molar-refractivity contribution in [3.8, 4) is 11.5 Å². The minimum atomic E-state index is -0.200. The third kappa shape index (κ3) is 3.48. The number of methoxy groups -OCH3 is 2. The van der Waals surface area contributed by atoms with Crippen LogP contribution in [-0.4, -0.2) is 54.8 Å². The second-order valence-electron chi connectivity index (χ2n) is 9.31. The van der Waals surface area contributed by atoms with Crippen LogP contribution in [0.15, 0.2) is 35.3 Å². The standard InChI is InChI=1S/C25H31N3O4/c1-15-8-10-27(11-9-16-4-7-21(31-2)22(12-16)32-3)24(29)23(15)25(30)28-13-17-18(14-28)20-6-5-19(17)26-20/h4,7-8,10,12,17-20,26H,5-6,9,11,13-14H2,1-3H3/t17-,18+,19-,20+. The molecule has 0 radical (unpaired) electrons. The summed E-state index contributed by atoms with van der Waals surface area (Å²) in [6.45, 7) is 3.87. The predicted octanol–water partition coefficient (Wildman–Crippen LogP) is 2.24. The minimum Gasteiger partial charge on any atom is -0.493 e. The van der Waals surface area contributed by atoms with Crippen LogP contribution in [-0.2, 0) is 13.0 Å². The molecule has 0 aliphatic carbocycles. The van der Waals surface area contributed by atoms with Crippen molar-refractivity contribution in [1.29, 1.82) is 0 Å². The van der Waals surface area contributed by atoms with Crippen LogP contribution in [0.5, 0.6) is 11.5 Å². The van der Waals surface area contributed by atoms with E-state index < -0.39 is 0 Å². The number of benzene rings is 1. The minimum absolute atomic E-state index is 0.109. The lowest BCUT2D eigenvalue weighted by atomic mass is 9.82. The lowest BCUT2D eigenvalue weighted by molar-refractivity contribution is 0.0775. The van der Waals surface area contributed by atoms with Crippen LogP contribution in [0.3, 0.4) is 0 Å². The van der Waals surface area contributed by atoms with E-state index in [1.165, 1.54) is 12.8 Å². The van der Waals surface area contributed by atoms with Gasteiger partial charge < -0.3 is 24.3 Å². The molecule has 3 aliphatic heterocycles. The zero-order valence-corrected chi connectivity index (χ0v) is 19.0. The van der Waals surface area contributed by atoms with Crippen LogP contribution >= 0.6 is 0 Å². The molecule has 3 fully saturated rings. The highest BCUT2D eigenvalue weighted by molar-refractivity contribution is 5.95. The van der Waals surface area contributed by atoms with Crippen molar-refractivity contribution in [3.63, 3.8) is 0 Å². The van der Waals surface area contributed by atoms with Gasteiger partial charge in [0, 0.05) is 37.9 Å². The Labute approximate surface area is 188 Å². The van der Waals surface area contributed by atoms with Crippen LogP contribution in [0.2, 0.25) is 0 Å². The lowest BCUT2D eigenvalue weighted by Gasteiger charge is -2.20. The Morgan fingerprint density at radius 3 is 2.41 bits per heavy atom. The van der Waals surface area contributed by atoms with Gasteiger partial charge in [-0.1, -0.05) is 6.07 Å². The molecule has 1 N–H and O–H groups in total. The van der Waals surface area contributed by atoms with E-state index >= 15 is 0 Å². The van der Waals surface area contributed by atoms with Crippen molar-refractivity contribution < 1.29 is 14.3 Å². The van der Waals surface area contributed by atoms with Crippen molar-refractivity contribution in [2.75, 3.05) is 27.3 Å². The molecular formula is C25H31N3O4. The number of likely N-dealkylation sites (tertiary alicyclic amines) is 1. The van der Waals surface area contributed by atoms with Crippen molar-refractivity contribution in [2.45, 2.75) is 44.8 Å². The molecule has 1 aromatic carbocycles. The van der Waals surface area contributed by atoms with Gasteiger partial charge in [-0.15, -0.1) is 0 Å². The third-order valence-corrected chi connectivity index (χ3v) is 7.63. The number of fused-ring (bicyclic) bond motifs is 5. The Balaban J connectivity index is 1.33. The van der Waals surface area contributed by atoms with Gasteiger partial charge in [-0.3, -0.25) is 9.59 Å². The summed E-state index contributed by atoms with van der Waals surface area (Å²) in [4.78, 5) is 28.6. The highest BCUT2D eigenvalue weighted by Gasteiger charge is 2.52. The Morgan fingerprint density at radius 2 is 1.75 bits per heavy atom. The Kier molecular flexibility index (Phi) is 5.45. The lowest BCUT2D eigenvalue weighted by Crippen LogP contribution is -2.39. The van der Waals surface area contributed by atoms with E-state index in [0.717, 1.165) is 24.2 Å². The van der Waals surface area contributed by atoms with Gasteiger partial charge in [0.25, 0.3) is 11.5 Å². The molecule has 0 spiro atoms. The normalized spacial score (nSPS) is 25.8. The molecule has 0 saturated carbocycles. The van der Waals surface area contributed by atoms with Gasteiger partial charge in [0.1, 0.15) is 5.56 Å². The van der Waals surface area contributed by atoms with Crippen molar-refractivity contribution in [3.05, 3.63) is 57.5 Å². The second-order valence-corrected chi connectivity index (χ2v) is 9.31. The van der Waals surface area contributed by atoms with Crippen molar-refractivity contribution in [1.82, 2.24) is 14.8 Å². The summed E-state index contributed by atoms with van der Waals surface area (Å²) < 4.78 is 12.3. The number of carbonyl (C=O) groups excluding carboxylic acids is 1. The summed E-state index contributed by atoms with van der Waals surface area (Å²) in [5.74, 6) is 2.31. The van der Waals surface area contributed by atoms with Crippen LogP contribution in [0.1, 0.15) is 34.3 Å². The molecule has 3 aliphatic rings. The summed E-state index contributed by atoms with van der Waals surface area (Å²) >= 11 is 0. The van der Waals surface area contributed by atoms with E-state index in [-0.39, 0.29) is 11.5 Å². The fourth-order valence-corrected chi connectivity index (χ4v) is 5.89. The van der Waals surface area contributed by atoms with E-state index in [1.54, 1.807) is 25.0 Å². The van der Waals surface area contributed by atoms with E-state index in [2.05, 4.69) is 5.32 Å². The van der Waals surface area contributed by atoms with E-state index in [9.17, 15) is 9.59 Å². The number of pyridine rings is 1. The maximum Gasteiger partial charge on any atom is 0.263 e. The van der Waals surface area contributed by atoms with E-state index in [4.69, 9.17) is 9.47 Å². The number of carbonyl (C=O) groups is 1. The number of aromatic nitrogens is 1. The van der Waals surface area contributed by atoms with E-state index in [0.29, 0.717) is 53.9 Å². The SMILES string of the molecule is COc1ccc(CCn2ccc(C)c(C(=O)N3C[C@@H]4[C@H](C3)[C@@H]3CC[C@H]4N3)c2=O)cc1OC. The zero-order valence-electron chi connectivity index (χ0n) is 19.0. The molecule has 4 heterocycles. The largest absolute Gasteiger partial charge is 0.493 e. The molecule has 2 aromatic rings. The number of nitrogens with zero attached hydrogens (tertiary/aromatic N) is 2. The van der Waals surface area contributed by atoms with Gasteiger partial charge in [0.15, 0.2) is 11.5 Å². The average molecular weight is 438 g/mol. The fraction of sp³-hybridized carbons (Fsp3) is 0.520. The van der Waals surface area contributed by atoms with Crippen molar-refractivity contribution in [2.24, 2.45) is 11.8 Å². The third-order valence-electron chi connectivity index (χ3n) is 7.63. The first-order chi connectivity index (χ1) is 15.5. The van der Waals surface area contributed by atoms with E-state index in [1.807, 2.05) is 36.1 Å². The van der Waals surface area contributed by atoms with Crippen LogP contribution in [0.4, 0.5) is 0 Å². The Hall–Kier alpha value is -2.80. The first-order valence-corrected chi connectivity index (χ1v) is 11.5. The van der Waals surface area contributed by atoms with Gasteiger partial charge in [-0.25, -0.2) is 0 Å². The molecule has 2 bridgehead atoms. The number of rotatable bonds is 6. The predicted molar refractivity (Wildman–Crippen MR) is 122 cm³/mol. The number of ether oxygens (including phenoxy) is 2. The van der Waals surface area contributed by atoms with Gasteiger partial charge >= 0.3 is 0 Å². The first kappa shape index (κ1) is 21.1. The zero-order chi connectivity index (χ0) is 22.4. The number of hydrogen-bond donors (Lipinski definition) is 1. The molecule has 7 heteroatoms. The summed E-state index contributed by atoms with van der Waals surface area (Å²) in [5.41, 5.74) is 1.91. The topological polar surface area (TPSA) is 72.8 Å². The van der Waals surface area contributed by atoms with Crippen LogP contribution in [0.25, 0.3) is 0 Å². The molecule has 32 heavy (non-hydrogen) atoms. The Bertz CT molecular complexity index is 1080. The molecule has 170 valence electrons. The second kappa shape index (κ2) is 8.28. The maximum atomic E-state index is 13.4. The quantitative estimate of drug-likeness (QED) is 0.751. The van der Waals surface area contributed by atoms with Gasteiger partial charge in [0.05, 0.1) is 14.2 Å².